The number of carbonyl (C=O) groups is 3. The van der Waals surface area contributed by atoms with Crippen LogP contribution in [0.15, 0.2) is 0 Å². The van der Waals surface area contributed by atoms with E-state index in [4.69, 9.17) is 5.73 Å². The van der Waals surface area contributed by atoms with E-state index in [-0.39, 0.29) is 11.8 Å². The zero-order chi connectivity index (χ0) is 18.7. The molecule has 0 saturated heterocycles. The van der Waals surface area contributed by atoms with Crippen molar-refractivity contribution in [2.75, 3.05) is 24.0 Å². The summed E-state index contributed by atoms with van der Waals surface area (Å²) in [6.07, 6.45) is 4.76. The highest BCUT2D eigenvalue weighted by atomic mass is 32.2. The lowest BCUT2D eigenvalue weighted by molar-refractivity contribution is -0.143. The van der Waals surface area contributed by atoms with Crippen LogP contribution in [0.4, 0.5) is 0 Å². The Morgan fingerprint density at radius 2 is 1.54 bits per heavy atom. The molecule has 0 aliphatic rings. The average Bonchev–Trinajstić information content (AvgIpc) is 2.52. The first-order valence-electron chi connectivity index (χ1n) is 7.81. The lowest BCUT2D eigenvalue weighted by Crippen LogP contribution is -2.55. The molecule has 0 heterocycles. The maximum Gasteiger partial charge on any atom is 0.326 e. The Morgan fingerprint density at radius 3 is 2.00 bits per heavy atom. The maximum absolute atomic E-state index is 12.4. The smallest absolute Gasteiger partial charge is 0.326 e. The van der Waals surface area contributed by atoms with Gasteiger partial charge in [-0.05, 0) is 42.8 Å². The molecule has 3 atom stereocenters. The molecule has 0 saturated carbocycles. The number of aliphatic carboxylic acids is 1. The molecular weight excluding hydrogens is 350 g/mol. The van der Waals surface area contributed by atoms with Gasteiger partial charge in [0.25, 0.3) is 0 Å². The number of nitrogens with one attached hydrogen (secondary N) is 2. The number of carbonyl (C=O) groups excluding carboxylic acids is 2. The van der Waals surface area contributed by atoms with Gasteiger partial charge in [-0.25, -0.2) is 4.79 Å². The van der Waals surface area contributed by atoms with Crippen molar-refractivity contribution in [2.45, 2.75) is 44.8 Å². The SMILES string of the molecule is CSCC[C@H](NC(=O)[C@@H](N)CCSC)C(=O)N[C@H](C(=O)O)C(C)C. The normalized spacial score (nSPS) is 14.8. The Hall–Kier alpha value is -0.930. The fraction of sp³-hybridized carbons (Fsp3) is 0.800. The quantitative estimate of drug-likeness (QED) is 0.390. The van der Waals surface area contributed by atoms with Crippen molar-refractivity contribution in [2.24, 2.45) is 11.7 Å². The number of thioether (sulfide) groups is 2. The van der Waals surface area contributed by atoms with Crippen LogP contribution in [0.5, 0.6) is 0 Å². The Balaban J connectivity index is 4.87. The summed E-state index contributed by atoms with van der Waals surface area (Å²) in [4.78, 5) is 35.8. The van der Waals surface area contributed by atoms with Crippen LogP contribution in [0.25, 0.3) is 0 Å². The molecule has 5 N–H and O–H groups in total. The number of carboxylic acids is 1. The molecule has 0 aliphatic carbocycles. The van der Waals surface area contributed by atoms with Crippen LogP contribution in [-0.2, 0) is 14.4 Å². The molecule has 7 nitrogen and oxygen atoms in total. The predicted molar refractivity (Wildman–Crippen MR) is 100 cm³/mol. The highest BCUT2D eigenvalue weighted by molar-refractivity contribution is 7.98. The predicted octanol–water partition coefficient (Wildman–Crippen LogP) is 0.530. The zero-order valence-corrected chi connectivity index (χ0v) is 16.3. The molecule has 140 valence electrons. The minimum atomic E-state index is -1.09. The van der Waals surface area contributed by atoms with Gasteiger partial charge in [-0.2, -0.15) is 23.5 Å². The lowest BCUT2D eigenvalue weighted by Gasteiger charge is -2.24. The minimum Gasteiger partial charge on any atom is -0.480 e. The van der Waals surface area contributed by atoms with Crippen LogP contribution in [0.3, 0.4) is 0 Å². The Kier molecular flexibility index (Phi) is 12.0. The summed E-state index contributed by atoms with van der Waals surface area (Å²) in [5.74, 6) is -0.808. The Morgan fingerprint density at radius 1 is 1.00 bits per heavy atom. The van der Waals surface area contributed by atoms with Crippen molar-refractivity contribution in [3.05, 3.63) is 0 Å². The molecule has 0 aromatic heterocycles. The van der Waals surface area contributed by atoms with Crippen molar-refractivity contribution < 1.29 is 19.5 Å². The third-order valence-electron chi connectivity index (χ3n) is 3.44. The van der Waals surface area contributed by atoms with E-state index in [9.17, 15) is 19.5 Å². The van der Waals surface area contributed by atoms with Crippen LogP contribution in [0.1, 0.15) is 26.7 Å². The van der Waals surface area contributed by atoms with Crippen molar-refractivity contribution in [1.29, 1.82) is 0 Å². The number of carboxylic acid groups (broad SMARTS) is 1. The van der Waals surface area contributed by atoms with E-state index in [0.717, 1.165) is 5.75 Å². The largest absolute Gasteiger partial charge is 0.480 e. The van der Waals surface area contributed by atoms with Crippen molar-refractivity contribution in [3.63, 3.8) is 0 Å². The van der Waals surface area contributed by atoms with Gasteiger partial charge in [0.05, 0.1) is 6.04 Å². The monoisotopic (exact) mass is 379 g/mol. The molecule has 0 unspecified atom stereocenters. The number of nitrogens with two attached hydrogens (primary N) is 1. The number of amides is 2. The van der Waals surface area contributed by atoms with Gasteiger partial charge < -0.3 is 21.5 Å². The van der Waals surface area contributed by atoms with E-state index < -0.39 is 30.0 Å². The van der Waals surface area contributed by atoms with Crippen LogP contribution in [-0.4, -0.2) is 65.0 Å². The van der Waals surface area contributed by atoms with Gasteiger partial charge in [-0.3, -0.25) is 9.59 Å². The summed E-state index contributed by atoms with van der Waals surface area (Å²) in [6.45, 7) is 3.43. The fourth-order valence-electron chi connectivity index (χ4n) is 1.93. The molecule has 0 aromatic carbocycles. The van der Waals surface area contributed by atoms with E-state index in [0.29, 0.717) is 18.6 Å². The molecule has 0 aromatic rings. The van der Waals surface area contributed by atoms with E-state index in [2.05, 4.69) is 10.6 Å². The van der Waals surface area contributed by atoms with Gasteiger partial charge in [0.15, 0.2) is 0 Å². The Bertz CT molecular complexity index is 422. The van der Waals surface area contributed by atoms with Crippen LogP contribution >= 0.6 is 23.5 Å². The number of hydrogen-bond donors (Lipinski definition) is 4. The molecule has 24 heavy (non-hydrogen) atoms. The maximum atomic E-state index is 12.4. The van der Waals surface area contributed by atoms with Crippen LogP contribution in [0.2, 0.25) is 0 Å². The highest BCUT2D eigenvalue weighted by Crippen LogP contribution is 2.06. The molecule has 0 fully saturated rings. The summed E-state index contributed by atoms with van der Waals surface area (Å²) in [5.41, 5.74) is 5.82. The summed E-state index contributed by atoms with van der Waals surface area (Å²) in [7, 11) is 0. The Labute approximate surface area is 152 Å². The molecule has 0 spiro atoms. The molecule has 9 heteroatoms. The van der Waals surface area contributed by atoms with Gasteiger partial charge >= 0.3 is 5.97 Å². The topological polar surface area (TPSA) is 122 Å². The summed E-state index contributed by atoms with van der Waals surface area (Å²) in [5, 5.41) is 14.3. The second kappa shape index (κ2) is 12.4. The number of hydrogen-bond acceptors (Lipinski definition) is 6. The summed E-state index contributed by atoms with van der Waals surface area (Å²) in [6, 6.07) is -2.45. The molecule has 0 aliphatic heterocycles. The van der Waals surface area contributed by atoms with Crippen molar-refractivity contribution in [1.82, 2.24) is 10.6 Å². The first kappa shape index (κ1) is 23.1. The van der Waals surface area contributed by atoms with Gasteiger partial charge in [0.1, 0.15) is 12.1 Å². The van der Waals surface area contributed by atoms with Gasteiger partial charge in [0, 0.05) is 0 Å². The number of rotatable bonds is 12. The first-order chi connectivity index (χ1) is 11.2. The molecule has 0 rings (SSSR count). The first-order valence-corrected chi connectivity index (χ1v) is 10.6. The molecule has 2 amide bonds. The summed E-state index contributed by atoms with van der Waals surface area (Å²) < 4.78 is 0. The van der Waals surface area contributed by atoms with Crippen molar-refractivity contribution in [3.8, 4) is 0 Å². The standard InChI is InChI=1S/C15H29N3O4S2/c1-9(2)12(15(21)22)18-14(20)11(6-8-24-4)17-13(19)10(16)5-7-23-3/h9-12H,5-8,16H2,1-4H3,(H,17,19)(H,18,20)(H,21,22)/t10-,11-,12-/m0/s1. The van der Waals surface area contributed by atoms with E-state index in [1.807, 2.05) is 12.5 Å². The average molecular weight is 380 g/mol. The molecule has 0 bridgehead atoms. The summed E-state index contributed by atoms with van der Waals surface area (Å²) >= 11 is 3.14. The molecular formula is C15H29N3O4S2. The fourth-order valence-corrected chi connectivity index (χ4v) is 2.89. The highest BCUT2D eigenvalue weighted by Gasteiger charge is 2.29. The zero-order valence-electron chi connectivity index (χ0n) is 14.7. The van der Waals surface area contributed by atoms with E-state index >= 15 is 0 Å². The lowest BCUT2D eigenvalue weighted by atomic mass is 10.0. The van der Waals surface area contributed by atoms with Crippen LogP contribution < -0.4 is 16.4 Å². The van der Waals surface area contributed by atoms with E-state index in [1.54, 1.807) is 37.4 Å². The molecule has 0 radical (unpaired) electrons. The second-order valence-corrected chi connectivity index (χ2v) is 7.77. The third kappa shape index (κ3) is 8.79. The minimum absolute atomic E-state index is 0.257. The third-order valence-corrected chi connectivity index (χ3v) is 4.73. The van der Waals surface area contributed by atoms with Gasteiger partial charge in [-0.15, -0.1) is 0 Å². The van der Waals surface area contributed by atoms with Crippen molar-refractivity contribution >= 4 is 41.3 Å². The van der Waals surface area contributed by atoms with Gasteiger partial charge in [0.2, 0.25) is 11.8 Å². The van der Waals surface area contributed by atoms with Crippen LogP contribution in [0, 0.1) is 5.92 Å². The second-order valence-electron chi connectivity index (χ2n) is 5.80. The van der Waals surface area contributed by atoms with Gasteiger partial charge in [-0.1, -0.05) is 13.8 Å². The van der Waals surface area contributed by atoms with E-state index in [1.165, 1.54) is 0 Å².